The summed E-state index contributed by atoms with van der Waals surface area (Å²) in [6.07, 6.45) is 3.46. The van der Waals surface area contributed by atoms with Gasteiger partial charge < -0.3 is 9.84 Å². The summed E-state index contributed by atoms with van der Waals surface area (Å²) in [5.74, 6) is 0.189. The van der Waals surface area contributed by atoms with E-state index >= 15 is 0 Å². The Labute approximate surface area is 146 Å². The molecule has 6 nitrogen and oxygen atoms in total. The van der Waals surface area contributed by atoms with E-state index in [-0.39, 0.29) is 11.8 Å². The Balaban J connectivity index is 1.76. The molecule has 0 saturated carbocycles. The van der Waals surface area contributed by atoms with Crippen LogP contribution in [0.4, 0.5) is 0 Å². The Bertz CT molecular complexity index is 850. The molecule has 2 N–H and O–H groups in total. The van der Waals surface area contributed by atoms with Crippen molar-refractivity contribution in [3.63, 3.8) is 0 Å². The summed E-state index contributed by atoms with van der Waals surface area (Å²) in [5, 5.41) is 13.9. The smallest absolute Gasteiger partial charge is 0.147 e. The molecule has 1 atom stereocenters. The average molecular weight is 336 g/mol. The first-order valence-electron chi connectivity index (χ1n) is 8.39. The third-order valence-corrected chi connectivity index (χ3v) is 4.40. The Morgan fingerprint density at radius 1 is 1.00 bits per heavy atom. The van der Waals surface area contributed by atoms with E-state index in [1.807, 2.05) is 42.5 Å². The molecule has 2 aromatic heterocycles. The number of hydrogen-bond acceptors (Lipinski definition) is 6. The van der Waals surface area contributed by atoms with Crippen LogP contribution in [0.1, 0.15) is 17.3 Å². The third-order valence-electron chi connectivity index (χ3n) is 4.40. The molecule has 1 aromatic carbocycles. The lowest BCUT2D eigenvalue weighted by atomic mass is 10.00. The first-order chi connectivity index (χ1) is 12.3. The maximum Gasteiger partial charge on any atom is 0.147 e. The van der Waals surface area contributed by atoms with Gasteiger partial charge in [0.15, 0.2) is 0 Å². The van der Waals surface area contributed by atoms with Crippen molar-refractivity contribution in [3.05, 3.63) is 66.1 Å². The topological polar surface area (TPSA) is 70.5 Å². The number of phenols is 1. The lowest BCUT2D eigenvalue weighted by Crippen LogP contribution is -2.47. The summed E-state index contributed by atoms with van der Waals surface area (Å²) in [4.78, 5) is 8.82. The highest BCUT2D eigenvalue weighted by molar-refractivity contribution is 5.85. The number of hydrazine groups is 1. The Morgan fingerprint density at radius 3 is 2.64 bits per heavy atom. The van der Waals surface area contributed by atoms with Crippen molar-refractivity contribution in [1.82, 2.24) is 20.4 Å². The highest BCUT2D eigenvalue weighted by Gasteiger charge is 2.23. The molecular weight excluding hydrogens is 316 g/mol. The van der Waals surface area contributed by atoms with Gasteiger partial charge in [-0.3, -0.25) is 9.97 Å². The van der Waals surface area contributed by atoms with Gasteiger partial charge in [-0.2, -0.15) is 0 Å². The molecule has 0 aliphatic carbocycles. The van der Waals surface area contributed by atoms with Crippen molar-refractivity contribution >= 4 is 10.9 Å². The van der Waals surface area contributed by atoms with E-state index in [2.05, 4.69) is 20.4 Å². The number of pyridine rings is 2. The fourth-order valence-electron chi connectivity index (χ4n) is 3.09. The normalized spacial score (nSPS) is 16.8. The maximum absolute atomic E-state index is 10.8. The number of aromatic hydroxyl groups is 1. The van der Waals surface area contributed by atoms with Gasteiger partial charge in [-0.15, -0.1) is 0 Å². The van der Waals surface area contributed by atoms with Crippen molar-refractivity contribution in [3.8, 4) is 5.75 Å². The number of fused-ring (bicyclic) bond motifs is 1. The minimum Gasteiger partial charge on any atom is -0.505 e. The van der Waals surface area contributed by atoms with Crippen molar-refractivity contribution in [2.45, 2.75) is 6.04 Å². The molecule has 0 bridgehead atoms. The van der Waals surface area contributed by atoms with Crippen LogP contribution in [0.2, 0.25) is 0 Å². The number of benzene rings is 1. The first-order valence-corrected chi connectivity index (χ1v) is 8.39. The summed E-state index contributed by atoms with van der Waals surface area (Å²) in [6, 6.07) is 13.3. The minimum atomic E-state index is -0.259. The monoisotopic (exact) mass is 336 g/mol. The third kappa shape index (κ3) is 3.32. The van der Waals surface area contributed by atoms with Crippen LogP contribution < -0.4 is 5.43 Å². The standard InChI is InChI=1S/C19H20N4O2/c24-19-15(7-6-14-4-3-9-21-17(14)19)18(16-5-1-2-8-20-16)22-23-10-12-25-13-11-23/h1-9,18,22,24H,10-13H2. The van der Waals surface area contributed by atoms with E-state index in [0.717, 1.165) is 29.7 Å². The highest BCUT2D eigenvalue weighted by Crippen LogP contribution is 2.33. The maximum atomic E-state index is 10.8. The molecule has 1 aliphatic heterocycles. The van der Waals surface area contributed by atoms with Crippen molar-refractivity contribution in [2.75, 3.05) is 26.3 Å². The van der Waals surface area contributed by atoms with Crippen LogP contribution in [0, 0.1) is 0 Å². The largest absolute Gasteiger partial charge is 0.505 e. The van der Waals surface area contributed by atoms with E-state index in [4.69, 9.17) is 4.74 Å². The average Bonchev–Trinajstić information content (AvgIpc) is 2.69. The Hall–Kier alpha value is -2.54. The second kappa shape index (κ2) is 7.14. The van der Waals surface area contributed by atoms with Crippen LogP contribution in [-0.4, -0.2) is 46.4 Å². The van der Waals surface area contributed by atoms with Crippen LogP contribution in [0.5, 0.6) is 5.75 Å². The van der Waals surface area contributed by atoms with Gasteiger partial charge in [-0.1, -0.05) is 24.3 Å². The number of nitrogens with zero attached hydrogens (tertiary/aromatic N) is 3. The second-order valence-corrected chi connectivity index (χ2v) is 5.99. The summed E-state index contributed by atoms with van der Waals surface area (Å²) in [5.41, 5.74) is 5.71. The van der Waals surface area contributed by atoms with E-state index in [0.29, 0.717) is 18.7 Å². The van der Waals surface area contributed by atoms with Crippen LogP contribution >= 0.6 is 0 Å². The number of aromatic nitrogens is 2. The zero-order valence-electron chi connectivity index (χ0n) is 13.8. The molecule has 25 heavy (non-hydrogen) atoms. The summed E-state index contributed by atoms with van der Waals surface area (Å²) < 4.78 is 5.42. The number of rotatable bonds is 4. The molecule has 1 fully saturated rings. The number of ether oxygens (including phenoxy) is 1. The predicted molar refractivity (Wildman–Crippen MR) is 95.0 cm³/mol. The van der Waals surface area contributed by atoms with Gasteiger partial charge in [0.1, 0.15) is 11.3 Å². The van der Waals surface area contributed by atoms with Crippen molar-refractivity contribution in [2.24, 2.45) is 0 Å². The van der Waals surface area contributed by atoms with Gasteiger partial charge in [-0.25, -0.2) is 10.4 Å². The van der Waals surface area contributed by atoms with Crippen LogP contribution in [0.15, 0.2) is 54.9 Å². The van der Waals surface area contributed by atoms with Crippen LogP contribution in [0.3, 0.4) is 0 Å². The Morgan fingerprint density at radius 2 is 1.84 bits per heavy atom. The van der Waals surface area contributed by atoms with Gasteiger partial charge in [0.25, 0.3) is 0 Å². The molecule has 0 radical (unpaired) electrons. The molecule has 4 rings (SSSR count). The molecule has 1 saturated heterocycles. The fraction of sp³-hybridized carbons (Fsp3) is 0.263. The molecule has 0 amide bonds. The zero-order chi connectivity index (χ0) is 17.1. The van der Waals surface area contributed by atoms with Gasteiger partial charge in [-0.05, 0) is 18.2 Å². The first kappa shape index (κ1) is 16.0. The van der Waals surface area contributed by atoms with Crippen molar-refractivity contribution in [1.29, 1.82) is 0 Å². The van der Waals surface area contributed by atoms with Crippen molar-refractivity contribution < 1.29 is 9.84 Å². The summed E-state index contributed by atoms with van der Waals surface area (Å²) in [6.45, 7) is 2.95. The van der Waals surface area contributed by atoms with Crippen LogP contribution in [-0.2, 0) is 4.74 Å². The zero-order valence-corrected chi connectivity index (χ0v) is 13.8. The van der Waals surface area contributed by atoms with E-state index < -0.39 is 0 Å². The molecule has 3 aromatic rings. The lowest BCUT2D eigenvalue weighted by Gasteiger charge is -2.32. The Kier molecular flexibility index (Phi) is 4.56. The number of phenolic OH excluding ortho intramolecular Hbond substituents is 1. The summed E-state index contributed by atoms with van der Waals surface area (Å²) in [7, 11) is 0. The number of morpholine rings is 1. The van der Waals surface area contributed by atoms with Gasteiger partial charge in [0.05, 0.1) is 24.9 Å². The van der Waals surface area contributed by atoms with E-state index in [9.17, 15) is 5.11 Å². The molecular formula is C19H20N4O2. The molecule has 6 heteroatoms. The minimum absolute atomic E-state index is 0.189. The predicted octanol–water partition coefficient (Wildman–Crippen LogP) is 2.26. The van der Waals surface area contributed by atoms with E-state index in [1.165, 1.54) is 0 Å². The summed E-state index contributed by atoms with van der Waals surface area (Å²) >= 11 is 0. The second-order valence-electron chi connectivity index (χ2n) is 5.99. The van der Waals surface area contributed by atoms with Gasteiger partial charge >= 0.3 is 0 Å². The molecule has 3 heterocycles. The molecule has 1 aliphatic rings. The highest BCUT2D eigenvalue weighted by atomic mass is 16.5. The molecule has 1 unspecified atom stereocenters. The fourth-order valence-corrected chi connectivity index (χ4v) is 3.09. The van der Waals surface area contributed by atoms with Crippen LogP contribution in [0.25, 0.3) is 10.9 Å². The van der Waals surface area contributed by atoms with E-state index in [1.54, 1.807) is 12.4 Å². The number of nitrogens with one attached hydrogen (secondary N) is 1. The molecule has 128 valence electrons. The molecule has 0 spiro atoms. The lowest BCUT2D eigenvalue weighted by molar-refractivity contribution is 0.00606. The van der Waals surface area contributed by atoms with Gasteiger partial charge in [0.2, 0.25) is 0 Å². The van der Waals surface area contributed by atoms with Gasteiger partial charge in [0, 0.05) is 36.4 Å². The SMILES string of the molecule is Oc1c(C(NN2CCOCC2)c2ccccn2)ccc2cccnc12. The quantitative estimate of drug-likeness (QED) is 0.762. The number of hydrogen-bond donors (Lipinski definition) is 2.